The smallest absolute Gasteiger partial charge is 0.418 e. The van der Waals surface area contributed by atoms with Gasteiger partial charge < -0.3 is 20.1 Å². The molecule has 0 spiro atoms. The number of amides is 1. The Bertz CT molecular complexity index is 1300. The number of nitrogens with two attached hydrogens (primary N) is 1. The Morgan fingerprint density at radius 2 is 1.81 bits per heavy atom. The Balaban J connectivity index is 1.61. The maximum Gasteiger partial charge on any atom is 0.418 e. The van der Waals surface area contributed by atoms with Crippen LogP contribution in [0.3, 0.4) is 0 Å². The summed E-state index contributed by atoms with van der Waals surface area (Å²) in [4.78, 5) is 25.5. The molecule has 3 aromatic rings. The van der Waals surface area contributed by atoms with E-state index in [9.17, 15) is 18.0 Å². The highest BCUT2D eigenvalue weighted by Gasteiger charge is 2.38. The number of carbonyl (C=O) groups excluding carboxylic acids is 1. The second-order valence-electron chi connectivity index (χ2n) is 9.20. The SMILES string of the molecule is COc1ccc2ncc(-c3cccc(C(F)(F)F)c3N3CCC(N4CCOCC4)CC3)c(C(N)=O)c2n1. The molecule has 2 fully saturated rings. The molecule has 0 saturated carbocycles. The minimum absolute atomic E-state index is 0.00711. The van der Waals surface area contributed by atoms with Crippen LogP contribution >= 0.6 is 0 Å². The molecule has 0 unspecified atom stereocenters. The van der Waals surface area contributed by atoms with Crippen LogP contribution in [0.1, 0.15) is 28.8 Å². The highest BCUT2D eigenvalue weighted by molar-refractivity contribution is 6.10. The lowest BCUT2D eigenvalue weighted by Crippen LogP contribution is -2.49. The Morgan fingerprint density at radius 3 is 2.46 bits per heavy atom. The third kappa shape index (κ3) is 4.93. The molecule has 11 heteroatoms. The highest BCUT2D eigenvalue weighted by atomic mass is 19.4. The second-order valence-corrected chi connectivity index (χ2v) is 9.20. The van der Waals surface area contributed by atoms with Gasteiger partial charge in [-0.05, 0) is 25.0 Å². The lowest BCUT2D eigenvalue weighted by atomic mass is 9.93. The molecule has 1 amide bonds. The van der Waals surface area contributed by atoms with Crippen molar-refractivity contribution in [3.63, 3.8) is 0 Å². The minimum atomic E-state index is -4.59. The number of hydrogen-bond acceptors (Lipinski definition) is 7. The Hall–Kier alpha value is -3.44. The summed E-state index contributed by atoms with van der Waals surface area (Å²) in [7, 11) is 1.43. The van der Waals surface area contributed by atoms with E-state index in [4.69, 9.17) is 15.2 Å². The highest BCUT2D eigenvalue weighted by Crippen LogP contribution is 2.44. The average molecular weight is 516 g/mol. The molecule has 2 aromatic heterocycles. The molecule has 37 heavy (non-hydrogen) atoms. The predicted octanol–water partition coefficient (Wildman–Crippen LogP) is 3.72. The number of anilines is 1. The van der Waals surface area contributed by atoms with Crippen molar-refractivity contribution >= 4 is 22.6 Å². The first-order chi connectivity index (χ1) is 17.8. The van der Waals surface area contributed by atoms with E-state index in [0.29, 0.717) is 37.9 Å². The van der Waals surface area contributed by atoms with Crippen LogP contribution in [0.15, 0.2) is 36.5 Å². The first-order valence-electron chi connectivity index (χ1n) is 12.2. The van der Waals surface area contributed by atoms with E-state index in [1.54, 1.807) is 23.1 Å². The summed E-state index contributed by atoms with van der Waals surface area (Å²) < 4.78 is 53.5. The molecule has 0 radical (unpaired) electrons. The predicted molar refractivity (Wildman–Crippen MR) is 133 cm³/mol. The normalized spacial score (nSPS) is 17.8. The number of alkyl halides is 3. The minimum Gasteiger partial charge on any atom is -0.481 e. The first-order valence-corrected chi connectivity index (χ1v) is 12.2. The maximum atomic E-state index is 14.3. The van der Waals surface area contributed by atoms with Crippen LogP contribution in [-0.4, -0.2) is 73.3 Å². The topological polar surface area (TPSA) is 93.8 Å². The van der Waals surface area contributed by atoms with Gasteiger partial charge in [-0.1, -0.05) is 12.1 Å². The van der Waals surface area contributed by atoms with E-state index < -0.39 is 17.6 Å². The number of hydrogen-bond donors (Lipinski definition) is 1. The molecule has 8 nitrogen and oxygen atoms in total. The van der Waals surface area contributed by atoms with Crippen LogP contribution in [0.2, 0.25) is 0 Å². The fourth-order valence-corrected chi connectivity index (χ4v) is 5.34. The summed E-state index contributed by atoms with van der Waals surface area (Å²) >= 11 is 0. The summed E-state index contributed by atoms with van der Waals surface area (Å²) in [5.41, 5.74) is 6.06. The number of morpholine rings is 1. The molecule has 196 valence electrons. The van der Waals surface area contributed by atoms with Gasteiger partial charge >= 0.3 is 6.18 Å². The van der Waals surface area contributed by atoms with E-state index in [1.807, 2.05) is 0 Å². The summed E-state index contributed by atoms with van der Waals surface area (Å²) in [6.07, 6.45) is -1.74. The molecular formula is C26H28F3N5O3. The lowest BCUT2D eigenvalue weighted by molar-refractivity contribution is -0.137. The zero-order valence-corrected chi connectivity index (χ0v) is 20.4. The monoisotopic (exact) mass is 515 g/mol. The molecule has 0 atom stereocenters. The molecule has 2 aliphatic heterocycles. The number of piperidine rings is 1. The van der Waals surface area contributed by atoms with Crippen molar-refractivity contribution in [2.75, 3.05) is 51.4 Å². The molecule has 2 saturated heterocycles. The average Bonchev–Trinajstić information content (AvgIpc) is 2.91. The van der Waals surface area contributed by atoms with E-state index in [2.05, 4.69) is 14.9 Å². The number of rotatable bonds is 5. The van der Waals surface area contributed by atoms with Gasteiger partial charge in [0.25, 0.3) is 5.91 Å². The van der Waals surface area contributed by atoms with Gasteiger partial charge in [-0.15, -0.1) is 0 Å². The number of carbonyl (C=O) groups is 1. The number of aromatic nitrogens is 2. The first kappa shape index (κ1) is 25.2. The molecular weight excluding hydrogens is 487 g/mol. The number of halogens is 3. The number of pyridine rings is 2. The van der Waals surface area contributed by atoms with E-state index in [-0.39, 0.29) is 33.8 Å². The second kappa shape index (κ2) is 10.1. The van der Waals surface area contributed by atoms with Gasteiger partial charge in [0, 0.05) is 55.6 Å². The largest absolute Gasteiger partial charge is 0.481 e. The molecule has 4 heterocycles. The van der Waals surface area contributed by atoms with Gasteiger partial charge in [-0.25, -0.2) is 4.98 Å². The van der Waals surface area contributed by atoms with Crippen molar-refractivity contribution < 1.29 is 27.4 Å². The zero-order chi connectivity index (χ0) is 26.2. The fourth-order valence-electron chi connectivity index (χ4n) is 5.34. The Labute approximate surface area is 212 Å². The third-order valence-electron chi connectivity index (χ3n) is 7.12. The number of para-hydroxylation sites is 1. The van der Waals surface area contributed by atoms with Crippen molar-refractivity contribution in [2.24, 2.45) is 5.73 Å². The van der Waals surface area contributed by atoms with Crippen LogP contribution < -0.4 is 15.4 Å². The zero-order valence-electron chi connectivity index (χ0n) is 20.4. The molecule has 2 N–H and O–H groups in total. The number of fused-ring (bicyclic) bond motifs is 1. The maximum absolute atomic E-state index is 14.3. The fraction of sp³-hybridized carbons (Fsp3) is 0.423. The quantitative estimate of drug-likeness (QED) is 0.554. The van der Waals surface area contributed by atoms with E-state index in [1.165, 1.54) is 19.4 Å². The molecule has 1 aromatic carbocycles. The Kier molecular flexibility index (Phi) is 6.91. The van der Waals surface area contributed by atoms with Crippen LogP contribution in [-0.2, 0) is 10.9 Å². The van der Waals surface area contributed by atoms with Crippen molar-refractivity contribution in [3.8, 4) is 17.0 Å². The standard InChI is InChI=1S/C26H28F3N5O3/c1-36-21-6-5-20-23(32-21)22(25(30)35)18(15-31-20)17-3-2-4-19(26(27,28)29)24(17)34-9-7-16(8-10-34)33-11-13-37-14-12-33/h2-6,15-16H,7-14H2,1H3,(H2,30,35). The van der Waals surface area contributed by atoms with Gasteiger partial charge in [-0.3, -0.25) is 14.7 Å². The number of nitrogens with zero attached hydrogens (tertiary/aromatic N) is 4. The van der Waals surface area contributed by atoms with Crippen molar-refractivity contribution in [1.29, 1.82) is 0 Å². The van der Waals surface area contributed by atoms with Gasteiger partial charge in [0.2, 0.25) is 5.88 Å². The molecule has 2 aliphatic rings. The van der Waals surface area contributed by atoms with Crippen LogP contribution in [0, 0.1) is 0 Å². The van der Waals surface area contributed by atoms with Gasteiger partial charge in [0.15, 0.2) is 0 Å². The van der Waals surface area contributed by atoms with Crippen LogP contribution in [0.5, 0.6) is 5.88 Å². The summed E-state index contributed by atoms with van der Waals surface area (Å²) in [5.74, 6) is -0.569. The number of benzene rings is 1. The number of methoxy groups -OCH3 is 1. The molecule has 5 rings (SSSR count). The van der Waals surface area contributed by atoms with Gasteiger partial charge in [0.1, 0.15) is 5.52 Å². The number of primary amides is 1. The molecule has 0 aliphatic carbocycles. The van der Waals surface area contributed by atoms with Crippen LogP contribution in [0.25, 0.3) is 22.2 Å². The Morgan fingerprint density at radius 1 is 1.08 bits per heavy atom. The van der Waals surface area contributed by atoms with Crippen molar-refractivity contribution in [2.45, 2.75) is 25.1 Å². The van der Waals surface area contributed by atoms with Gasteiger partial charge in [-0.2, -0.15) is 13.2 Å². The number of ether oxygens (including phenoxy) is 2. The summed E-state index contributed by atoms with van der Waals surface area (Å²) in [5, 5.41) is 0. The van der Waals surface area contributed by atoms with Gasteiger partial charge in [0.05, 0.1) is 42.7 Å². The van der Waals surface area contributed by atoms with E-state index >= 15 is 0 Å². The summed E-state index contributed by atoms with van der Waals surface area (Å²) in [6.45, 7) is 3.89. The lowest BCUT2D eigenvalue weighted by Gasteiger charge is -2.42. The van der Waals surface area contributed by atoms with Crippen LogP contribution in [0.4, 0.5) is 18.9 Å². The van der Waals surface area contributed by atoms with E-state index in [0.717, 1.165) is 32.0 Å². The third-order valence-corrected chi connectivity index (χ3v) is 7.12. The van der Waals surface area contributed by atoms with Crippen molar-refractivity contribution in [3.05, 3.63) is 47.7 Å². The molecule has 0 bridgehead atoms. The van der Waals surface area contributed by atoms with Crippen molar-refractivity contribution in [1.82, 2.24) is 14.9 Å². The summed E-state index contributed by atoms with van der Waals surface area (Å²) in [6, 6.07) is 7.51.